The number of hydrogen-bond donors (Lipinski definition) is 3. The molecule has 0 aliphatic carbocycles. The van der Waals surface area contributed by atoms with Gasteiger partial charge in [-0.3, -0.25) is 4.79 Å². The van der Waals surface area contributed by atoms with E-state index in [0.29, 0.717) is 0 Å². The van der Waals surface area contributed by atoms with Gasteiger partial charge in [0.25, 0.3) is 15.2 Å². The maximum atomic E-state index is 10.6. The molecule has 0 spiro atoms. The third kappa shape index (κ3) is 2.49. The lowest BCUT2D eigenvalue weighted by molar-refractivity contribution is -0.136. The van der Waals surface area contributed by atoms with Crippen LogP contribution in [0.25, 0.3) is 0 Å². The van der Waals surface area contributed by atoms with Crippen LogP contribution in [0.4, 0.5) is 0 Å². The highest BCUT2D eigenvalue weighted by Crippen LogP contribution is 1.98. The van der Waals surface area contributed by atoms with Crippen molar-refractivity contribution in [2.45, 2.75) is 11.6 Å². The van der Waals surface area contributed by atoms with Gasteiger partial charge in [0.1, 0.15) is 12.2 Å². The molecule has 1 aromatic heterocycles. The molecular weight excluding hydrogens is 200 g/mol. The number of rotatable bonds is 3. The zero-order chi connectivity index (χ0) is 10.1. The Morgan fingerprint density at radius 3 is 2.54 bits per heavy atom. The van der Waals surface area contributed by atoms with Gasteiger partial charge in [0.05, 0.1) is 0 Å². The van der Waals surface area contributed by atoms with Crippen LogP contribution in [-0.4, -0.2) is 34.7 Å². The van der Waals surface area contributed by atoms with Crippen molar-refractivity contribution < 1.29 is 18.3 Å². The number of aromatic amines is 1. The molecule has 0 aromatic carbocycles. The molecule has 0 unspecified atom stereocenters. The Bertz CT molecular complexity index is 421. The van der Waals surface area contributed by atoms with Crippen molar-refractivity contribution in [2.75, 3.05) is 0 Å². The molecular formula is C4H6N4O4S. The van der Waals surface area contributed by atoms with E-state index in [1.165, 1.54) is 0 Å². The van der Waals surface area contributed by atoms with Gasteiger partial charge in [-0.05, 0) is 0 Å². The number of carboxylic acid groups (broad SMARTS) is 1. The Balaban J connectivity index is 2.94. The minimum absolute atomic E-state index is 0.0588. The molecule has 1 heterocycles. The second-order valence-electron chi connectivity index (χ2n) is 2.19. The summed E-state index contributed by atoms with van der Waals surface area (Å²) < 4.78 is 21.3. The molecule has 0 aliphatic rings. The highest BCUT2D eigenvalue weighted by atomic mass is 32.2. The van der Waals surface area contributed by atoms with E-state index in [1.54, 1.807) is 0 Å². The monoisotopic (exact) mass is 206 g/mol. The number of aromatic nitrogens is 3. The molecule has 0 saturated heterocycles. The third-order valence-corrected chi connectivity index (χ3v) is 1.82. The van der Waals surface area contributed by atoms with E-state index >= 15 is 0 Å². The summed E-state index contributed by atoms with van der Waals surface area (Å²) in [6.07, 6.45) is -0.428. The van der Waals surface area contributed by atoms with Crippen LogP contribution < -0.4 is 5.14 Å². The van der Waals surface area contributed by atoms with Gasteiger partial charge >= 0.3 is 5.97 Å². The lowest BCUT2D eigenvalue weighted by Gasteiger charge is -1.88. The van der Waals surface area contributed by atoms with Gasteiger partial charge < -0.3 is 10.1 Å². The van der Waals surface area contributed by atoms with Gasteiger partial charge in [0.15, 0.2) is 0 Å². The van der Waals surface area contributed by atoms with Crippen LogP contribution in [0.2, 0.25) is 0 Å². The van der Waals surface area contributed by atoms with Gasteiger partial charge in [0, 0.05) is 0 Å². The van der Waals surface area contributed by atoms with Crippen molar-refractivity contribution in [3.05, 3.63) is 5.82 Å². The van der Waals surface area contributed by atoms with E-state index in [0.717, 1.165) is 0 Å². The summed E-state index contributed by atoms with van der Waals surface area (Å²) >= 11 is 0. The highest BCUT2D eigenvalue weighted by molar-refractivity contribution is 7.89. The van der Waals surface area contributed by atoms with Crippen molar-refractivity contribution in [1.82, 2.24) is 15.2 Å². The number of nitrogens with two attached hydrogens (primary N) is 1. The first-order valence-electron chi connectivity index (χ1n) is 3.06. The second-order valence-corrected chi connectivity index (χ2v) is 3.67. The lowest BCUT2D eigenvalue weighted by atomic mass is 10.4. The molecule has 0 fully saturated rings. The Morgan fingerprint density at radius 2 is 2.15 bits per heavy atom. The molecule has 8 nitrogen and oxygen atoms in total. The molecule has 1 aromatic rings. The maximum Gasteiger partial charge on any atom is 0.311 e. The van der Waals surface area contributed by atoms with Gasteiger partial charge in [-0.15, -0.1) is 10.2 Å². The zero-order valence-electron chi connectivity index (χ0n) is 6.26. The van der Waals surface area contributed by atoms with Crippen molar-refractivity contribution in [1.29, 1.82) is 0 Å². The molecule has 0 radical (unpaired) electrons. The molecule has 0 aliphatic heterocycles. The average molecular weight is 206 g/mol. The minimum Gasteiger partial charge on any atom is -0.481 e. The minimum atomic E-state index is -3.94. The summed E-state index contributed by atoms with van der Waals surface area (Å²) in [5.74, 6) is -1.20. The number of sulfonamides is 1. The molecule has 0 amide bonds. The number of primary sulfonamides is 1. The summed E-state index contributed by atoms with van der Waals surface area (Å²) in [6, 6.07) is 0. The molecule has 0 atom stereocenters. The maximum absolute atomic E-state index is 10.6. The summed E-state index contributed by atoms with van der Waals surface area (Å²) in [7, 11) is -3.94. The second kappa shape index (κ2) is 3.11. The van der Waals surface area contributed by atoms with E-state index in [4.69, 9.17) is 10.2 Å². The molecule has 72 valence electrons. The van der Waals surface area contributed by atoms with Gasteiger partial charge in [-0.25, -0.2) is 13.6 Å². The SMILES string of the molecule is NS(=O)(=O)c1nnc(CC(=O)O)[nH]1. The molecule has 13 heavy (non-hydrogen) atoms. The van der Waals surface area contributed by atoms with Crippen LogP contribution in [-0.2, 0) is 21.2 Å². The van der Waals surface area contributed by atoms with Crippen LogP contribution in [0, 0.1) is 0 Å². The van der Waals surface area contributed by atoms with Crippen LogP contribution in [0.3, 0.4) is 0 Å². The van der Waals surface area contributed by atoms with Gasteiger partial charge in [-0.2, -0.15) is 0 Å². The quantitative estimate of drug-likeness (QED) is 0.526. The number of nitrogens with zero attached hydrogens (tertiary/aromatic N) is 2. The first-order chi connectivity index (χ1) is 5.89. The predicted molar refractivity (Wildman–Crippen MR) is 39.1 cm³/mol. The zero-order valence-corrected chi connectivity index (χ0v) is 7.08. The lowest BCUT2D eigenvalue weighted by Crippen LogP contribution is -2.14. The number of carboxylic acids is 1. The first-order valence-corrected chi connectivity index (χ1v) is 4.60. The normalized spacial score (nSPS) is 11.5. The first kappa shape index (κ1) is 9.61. The van der Waals surface area contributed by atoms with E-state index < -0.39 is 27.6 Å². The number of H-pyrrole nitrogens is 1. The number of nitrogens with one attached hydrogen (secondary N) is 1. The van der Waals surface area contributed by atoms with Crippen LogP contribution >= 0.6 is 0 Å². The standard InChI is InChI=1S/C4H6N4O4S/c5-13(11,12)4-6-2(7-8-4)1-3(9)10/h1H2,(H,9,10)(H2,5,11,12)(H,6,7,8). The largest absolute Gasteiger partial charge is 0.481 e. The van der Waals surface area contributed by atoms with Gasteiger partial charge in [0.2, 0.25) is 0 Å². The molecule has 9 heteroatoms. The number of aliphatic carboxylic acids is 1. The summed E-state index contributed by atoms with van der Waals surface area (Å²) in [6.45, 7) is 0. The van der Waals surface area contributed by atoms with Crippen molar-refractivity contribution in [2.24, 2.45) is 5.14 Å². The number of carbonyl (C=O) groups is 1. The van der Waals surface area contributed by atoms with Crippen LogP contribution in [0.5, 0.6) is 0 Å². The fourth-order valence-electron chi connectivity index (χ4n) is 0.630. The fraction of sp³-hybridized carbons (Fsp3) is 0.250. The molecule has 1 rings (SSSR count). The Kier molecular flexibility index (Phi) is 2.30. The van der Waals surface area contributed by atoms with Gasteiger partial charge in [-0.1, -0.05) is 0 Å². The van der Waals surface area contributed by atoms with Crippen molar-refractivity contribution in [3.63, 3.8) is 0 Å². The highest BCUT2D eigenvalue weighted by Gasteiger charge is 2.14. The van der Waals surface area contributed by atoms with E-state index in [2.05, 4.69) is 15.2 Å². The molecule has 4 N–H and O–H groups in total. The van der Waals surface area contributed by atoms with E-state index in [1.807, 2.05) is 0 Å². The summed E-state index contributed by atoms with van der Waals surface area (Å²) in [5, 5.41) is 18.9. The smallest absolute Gasteiger partial charge is 0.311 e. The van der Waals surface area contributed by atoms with Crippen LogP contribution in [0.1, 0.15) is 5.82 Å². The Morgan fingerprint density at radius 1 is 1.54 bits per heavy atom. The summed E-state index contributed by atoms with van der Waals surface area (Å²) in [4.78, 5) is 12.3. The molecule has 0 saturated carbocycles. The van der Waals surface area contributed by atoms with Crippen molar-refractivity contribution >= 4 is 16.0 Å². The van der Waals surface area contributed by atoms with Crippen molar-refractivity contribution in [3.8, 4) is 0 Å². The number of hydrogen-bond acceptors (Lipinski definition) is 5. The fourth-order valence-corrected chi connectivity index (χ4v) is 1.04. The molecule has 0 bridgehead atoms. The average Bonchev–Trinajstić information content (AvgIpc) is 2.32. The van der Waals surface area contributed by atoms with E-state index in [-0.39, 0.29) is 5.82 Å². The summed E-state index contributed by atoms with van der Waals surface area (Å²) in [5.41, 5.74) is 0. The Hall–Kier alpha value is -1.48. The van der Waals surface area contributed by atoms with Crippen LogP contribution in [0.15, 0.2) is 5.16 Å². The third-order valence-electron chi connectivity index (χ3n) is 1.10. The Labute approximate surface area is 72.8 Å². The predicted octanol–water partition coefficient (Wildman–Crippen LogP) is -1.92. The van der Waals surface area contributed by atoms with E-state index in [9.17, 15) is 13.2 Å². The topological polar surface area (TPSA) is 139 Å².